The van der Waals surface area contributed by atoms with Gasteiger partial charge in [0.25, 0.3) is 5.91 Å². The van der Waals surface area contributed by atoms with Gasteiger partial charge in [-0.1, -0.05) is 13.0 Å². The van der Waals surface area contributed by atoms with Gasteiger partial charge in [0.2, 0.25) is 5.91 Å². The Labute approximate surface area is 194 Å². The van der Waals surface area contributed by atoms with E-state index >= 15 is 0 Å². The molecule has 0 unspecified atom stereocenters. The minimum absolute atomic E-state index is 0.0184. The number of rotatable bonds is 8. The third kappa shape index (κ3) is 4.42. The van der Waals surface area contributed by atoms with Crippen LogP contribution in [0.25, 0.3) is 0 Å². The van der Waals surface area contributed by atoms with Gasteiger partial charge < -0.3 is 29.2 Å². The Kier molecular flexibility index (Phi) is 7.36. The number of hydrogen-bond acceptors (Lipinski definition) is 6. The number of likely N-dealkylation sites (N-methyl/N-ethyl adjacent to an activating group) is 1. The van der Waals surface area contributed by atoms with Crippen LogP contribution in [0.2, 0.25) is 0 Å². The summed E-state index contributed by atoms with van der Waals surface area (Å²) >= 11 is 0. The van der Waals surface area contributed by atoms with E-state index in [0.717, 1.165) is 12.0 Å². The molecular weight excluding hydrogens is 424 g/mol. The number of methoxy groups -OCH3 is 4. The van der Waals surface area contributed by atoms with Gasteiger partial charge in [0.05, 0.1) is 40.4 Å². The first-order chi connectivity index (χ1) is 15.8. The van der Waals surface area contributed by atoms with E-state index in [4.69, 9.17) is 18.9 Å². The zero-order chi connectivity index (χ0) is 24.3. The molecule has 0 spiro atoms. The normalized spacial score (nSPS) is 18.3. The maximum Gasteiger partial charge on any atom is 0.254 e. The van der Waals surface area contributed by atoms with Crippen LogP contribution in [0.5, 0.6) is 23.0 Å². The lowest BCUT2D eigenvalue weighted by Gasteiger charge is -2.40. The highest BCUT2D eigenvalue weighted by Crippen LogP contribution is 2.46. The summed E-state index contributed by atoms with van der Waals surface area (Å²) in [6.45, 7) is 3.96. The van der Waals surface area contributed by atoms with Crippen LogP contribution in [0.1, 0.15) is 53.7 Å². The molecule has 0 fully saturated rings. The SMILES string of the molecule is CC[C@H](C)NC(=O)[C@@H]1c2cc(OC)c(OC)cc2C(=O)N(C)[C@H]1c1ccc(OC)c(OC)c1. The van der Waals surface area contributed by atoms with Crippen molar-refractivity contribution in [2.75, 3.05) is 35.5 Å². The molecule has 0 aliphatic carbocycles. The minimum atomic E-state index is -0.672. The van der Waals surface area contributed by atoms with Crippen molar-refractivity contribution in [3.63, 3.8) is 0 Å². The van der Waals surface area contributed by atoms with Crippen molar-refractivity contribution >= 4 is 11.8 Å². The van der Waals surface area contributed by atoms with Crippen LogP contribution < -0.4 is 24.3 Å². The van der Waals surface area contributed by atoms with Crippen molar-refractivity contribution in [2.24, 2.45) is 0 Å². The van der Waals surface area contributed by atoms with Gasteiger partial charge in [-0.3, -0.25) is 9.59 Å². The number of carbonyl (C=O) groups is 2. The van der Waals surface area contributed by atoms with E-state index in [1.165, 1.54) is 14.2 Å². The fourth-order valence-corrected chi connectivity index (χ4v) is 4.22. The largest absolute Gasteiger partial charge is 0.493 e. The molecule has 0 radical (unpaired) electrons. The lowest BCUT2D eigenvalue weighted by atomic mass is 9.79. The Morgan fingerprint density at radius 2 is 1.55 bits per heavy atom. The van der Waals surface area contributed by atoms with Gasteiger partial charge in [0.15, 0.2) is 23.0 Å². The standard InChI is InChI=1S/C25H32N2O6/c1-8-14(2)26-24(28)22-16-12-20(32-6)21(33-7)13-17(16)25(29)27(3)23(22)15-9-10-18(30-4)19(11-15)31-5/h9-14,22-23H,8H2,1-7H3,(H,26,28)/t14-,22+,23-/m0/s1. The molecule has 1 aliphatic rings. The van der Waals surface area contributed by atoms with Crippen LogP contribution in [0.15, 0.2) is 30.3 Å². The molecule has 3 atom stereocenters. The van der Waals surface area contributed by atoms with Gasteiger partial charge in [0, 0.05) is 18.7 Å². The third-order valence-electron chi connectivity index (χ3n) is 6.21. The molecule has 0 bridgehead atoms. The van der Waals surface area contributed by atoms with Crippen LogP contribution in [-0.4, -0.2) is 58.2 Å². The number of hydrogen-bond donors (Lipinski definition) is 1. The molecule has 1 N–H and O–H groups in total. The van der Waals surface area contributed by atoms with Crippen molar-refractivity contribution in [3.8, 4) is 23.0 Å². The molecule has 33 heavy (non-hydrogen) atoms. The Balaban J connectivity index is 2.24. The zero-order valence-corrected chi connectivity index (χ0v) is 20.2. The summed E-state index contributed by atoms with van der Waals surface area (Å²) in [4.78, 5) is 28.6. The molecule has 2 aromatic rings. The summed E-state index contributed by atoms with van der Waals surface area (Å²) in [6.07, 6.45) is 0.785. The van der Waals surface area contributed by atoms with Gasteiger partial charge in [-0.25, -0.2) is 0 Å². The summed E-state index contributed by atoms with van der Waals surface area (Å²) in [5.41, 5.74) is 1.76. The molecular formula is C25H32N2O6. The highest BCUT2D eigenvalue weighted by atomic mass is 16.5. The van der Waals surface area contributed by atoms with Gasteiger partial charge >= 0.3 is 0 Å². The molecule has 3 rings (SSSR count). The fourth-order valence-electron chi connectivity index (χ4n) is 4.22. The second-order valence-electron chi connectivity index (χ2n) is 8.07. The zero-order valence-electron chi connectivity index (χ0n) is 20.2. The number of carbonyl (C=O) groups excluding carboxylic acids is 2. The van der Waals surface area contributed by atoms with Crippen LogP contribution in [-0.2, 0) is 4.79 Å². The molecule has 0 saturated carbocycles. The second-order valence-corrected chi connectivity index (χ2v) is 8.07. The molecule has 2 amide bonds. The van der Waals surface area contributed by atoms with Crippen LogP contribution in [0.4, 0.5) is 0 Å². The second kappa shape index (κ2) is 10.0. The Morgan fingerprint density at radius 1 is 0.970 bits per heavy atom. The average Bonchev–Trinajstić information content (AvgIpc) is 2.84. The van der Waals surface area contributed by atoms with E-state index in [1.807, 2.05) is 26.0 Å². The lowest BCUT2D eigenvalue weighted by molar-refractivity contribution is -0.124. The van der Waals surface area contributed by atoms with E-state index < -0.39 is 12.0 Å². The molecule has 2 aromatic carbocycles. The molecule has 0 saturated heterocycles. The molecule has 1 aliphatic heterocycles. The van der Waals surface area contributed by atoms with Gasteiger partial charge in [0.1, 0.15) is 0 Å². The van der Waals surface area contributed by atoms with Gasteiger partial charge in [-0.05, 0) is 48.7 Å². The van der Waals surface area contributed by atoms with E-state index in [9.17, 15) is 9.59 Å². The van der Waals surface area contributed by atoms with Crippen molar-refractivity contribution in [1.82, 2.24) is 10.2 Å². The van der Waals surface area contributed by atoms with Crippen molar-refractivity contribution in [1.29, 1.82) is 0 Å². The van der Waals surface area contributed by atoms with Gasteiger partial charge in [-0.15, -0.1) is 0 Å². The highest BCUT2D eigenvalue weighted by Gasteiger charge is 2.44. The molecule has 178 valence electrons. The van der Waals surface area contributed by atoms with E-state index in [1.54, 1.807) is 44.4 Å². The van der Waals surface area contributed by atoms with E-state index in [-0.39, 0.29) is 17.9 Å². The molecule has 8 heteroatoms. The number of nitrogens with zero attached hydrogens (tertiary/aromatic N) is 1. The summed E-state index contributed by atoms with van der Waals surface area (Å²) in [7, 11) is 7.86. The highest BCUT2D eigenvalue weighted by molar-refractivity contribution is 6.02. The topological polar surface area (TPSA) is 86.3 Å². The number of amides is 2. The monoisotopic (exact) mass is 456 g/mol. The predicted octanol–water partition coefficient (Wildman–Crippen LogP) is 3.55. The Bertz CT molecular complexity index is 1040. The minimum Gasteiger partial charge on any atom is -0.493 e. The first-order valence-corrected chi connectivity index (χ1v) is 10.9. The van der Waals surface area contributed by atoms with Crippen molar-refractivity contribution < 1.29 is 28.5 Å². The number of benzene rings is 2. The molecule has 8 nitrogen and oxygen atoms in total. The quantitative estimate of drug-likeness (QED) is 0.654. The molecule has 0 aromatic heterocycles. The Hall–Kier alpha value is -3.42. The third-order valence-corrected chi connectivity index (χ3v) is 6.21. The summed E-state index contributed by atoms with van der Waals surface area (Å²) in [5, 5.41) is 3.09. The summed E-state index contributed by atoms with van der Waals surface area (Å²) in [6, 6.07) is 8.23. The maximum atomic E-state index is 13.6. The predicted molar refractivity (Wildman–Crippen MR) is 125 cm³/mol. The maximum absolute atomic E-state index is 13.6. The number of ether oxygens (including phenoxy) is 4. The molecule has 1 heterocycles. The van der Waals surface area contributed by atoms with Crippen molar-refractivity contribution in [3.05, 3.63) is 47.0 Å². The van der Waals surface area contributed by atoms with E-state index in [0.29, 0.717) is 34.1 Å². The smallest absolute Gasteiger partial charge is 0.254 e. The van der Waals surface area contributed by atoms with Crippen molar-refractivity contribution in [2.45, 2.75) is 38.3 Å². The number of nitrogens with one attached hydrogen (secondary N) is 1. The summed E-state index contributed by atoms with van der Waals surface area (Å²) < 4.78 is 21.7. The Morgan fingerprint density at radius 3 is 2.12 bits per heavy atom. The van der Waals surface area contributed by atoms with E-state index in [2.05, 4.69) is 5.32 Å². The summed E-state index contributed by atoms with van der Waals surface area (Å²) in [5.74, 6) is 0.933. The first kappa shape index (κ1) is 24.2. The van der Waals surface area contributed by atoms with Gasteiger partial charge in [-0.2, -0.15) is 0 Å². The first-order valence-electron chi connectivity index (χ1n) is 10.9. The average molecular weight is 457 g/mol. The number of fused-ring (bicyclic) bond motifs is 1. The van der Waals surface area contributed by atoms with Crippen LogP contribution in [0.3, 0.4) is 0 Å². The van der Waals surface area contributed by atoms with Crippen LogP contribution in [0, 0.1) is 0 Å². The lowest BCUT2D eigenvalue weighted by Crippen LogP contribution is -2.47. The van der Waals surface area contributed by atoms with Crippen LogP contribution >= 0.6 is 0 Å². The fraction of sp³-hybridized carbons (Fsp3) is 0.440.